The predicted molar refractivity (Wildman–Crippen MR) is 132 cm³/mol. The maximum Gasteiger partial charge on any atom is 0.246 e. The van der Waals surface area contributed by atoms with E-state index in [2.05, 4.69) is 17.0 Å². The zero-order valence-corrected chi connectivity index (χ0v) is 20.2. The van der Waals surface area contributed by atoms with Crippen LogP contribution in [0.2, 0.25) is 0 Å². The Morgan fingerprint density at radius 3 is 2.34 bits per heavy atom. The normalized spacial score (nSPS) is 19.3. The summed E-state index contributed by atoms with van der Waals surface area (Å²) < 4.78 is 31.6. The van der Waals surface area contributed by atoms with Gasteiger partial charge in [-0.1, -0.05) is 18.2 Å². The molecule has 2 aromatic rings. The predicted octanol–water partition coefficient (Wildman–Crippen LogP) is 4.47. The van der Waals surface area contributed by atoms with Crippen molar-refractivity contribution < 1.29 is 23.4 Å². The summed E-state index contributed by atoms with van der Waals surface area (Å²) in [4.78, 5) is 16.6. The Morgan fingerprint density at radius 2 is 1.71 bits per heavy atom. The molecule has 0 saturated carbocycles. The summed E-state index contributed by atoms with van der Waals surface area (Å²) in [6.07, 6.45) is 6.18. The second-order valence-electron chi connectivity index (χ2n) is 9.58. The number of ether oxygens (including phenoxy) is 1. The first-order valence-corrected chi connectivity index (χ1v) is 12.4. The monoisotopic (exact) mass is 484 g/mol. The van der Waals surface area contributed by atoms with Crippen molar-refractivity contribution in [2.75, 3.05) is 39.8 Å². The third kappa shape index (κ3) is 6.67. The first-order valence-electron chi connectivity index (χ1n) is 12.4. The van der Waals surface area contributed by atoms with Crippen LogP contribution in [0.5, 0.6) is 5.75 Å². The highest BCUT2D eigenvalue weighted by Gasteiger charge is 2.29. The first kappa shape index (κ1) is 25.3. The SMILES string of the molecule is COc1ccc(C2CCN(CC(O)C3CCN(C(=O)/C=C/c4ccc(F)c(F)c4)CC3)CC2)cc1. The number of carbonyl (C=O) groups is 1. The second-order valence-corrected chi connectivity index (χ2v) is 9.58. The minimum atomic E-state index is -0.931. The van der Waals surface area contributed by atoms with Gasteiger partial charge in [-0.2, -0.15) is 0 Å². The van der Waals surface area contributed by atoms with Crippen LogP contribution >= 0.6 is 0 Å². The van der Waals surface area contributed by atoms with E-state index in [1.807, 2.05) is 12.1 Å². The number of amides is 1. The van der Waals surface area contributed by atoms with E-state index in [4.69, 9.17) is 4.74 Å². The van der Waals surface area contributed by atoms with Gasteiger partial charge in [0.1, 0.15) is 5.75 Å². The van der Waals surface area contributed by atoms with Crippen molar-refractivity contribution in [3.05, 3.63) is 71.3 Å². The Labute approximate surface area is 206 Å². The number of hydrogen-bond donors (Lipinski definition) is 1. The van der Waals surface area contributed by atoms with E-state index >= 15 is 0 Å². The summed E-state index contributed by atoms with van der Waals surface area (Å²) in [6.45, 7) is 3.79. The van der Waals surface area contributed by atoms with Crippen molar-refractivity contribution in [1.82, 2.24) is 9.80 Å². The highest BCUT2D eigenvalue weighted by molar-refractivity contribution is 5.91. The Balaban J connectivity index is 1.19. The van der Waals surface area contributed by atoms with Crippen LogP contribution < -0.4 is 4.74 Å². The van der Waals surface area contributed by atoms with Gasteiger partial charge >= 0.3 is 0 Å². The lowest BCUT2D eigenvalue weighted by Crippen LogP contribution is -2.45. The standard InChI is InChI=1S/C28H34F2N2O3/c1-35-24-6-4-21(5-7-24)22-10-14-31(15-11-22)19-27(33)23-12-16-32(17-13-23)28(34)9-3-20-2-8-25(29)26(30)18-20/h2-9,18,22-23,27,33H,10-17,19H2,1H3/b9-3+. The summed E-state index contributed by atoms with van der Waals surface area (Å²) in [6, 6.07) is 11.9. The number of carbonyl (C=O) groups excluding carboxylic acids is 1. The largest absolute Gasteiger partial charge is 0.497 e. The molecule has 7 heteroatoms. The summed E-state index contributed by atoms with van der Waals surface area (Å²) in [5.41, 5.74) is 1.79. The van der Waals surface area contributed by atoms with Crippen LogP contribution in [0, 0.1) is 17.6 Å². The van der Waals surface area contributed by atoms with Gasteiger partial charge in [0.2, 0.25) is 5.91 Å². The second kappa shape index (κ2) is 11.8. The van der Waals surface area contributed by atoms with Crippen LogP contribution in [0.1, 0.15) is 42.7 Å². The van der Waals surface area contributed by atoms with Crippen molar-refractivity contribution in [2.24, 2.45) is 5.92 Å². The van der Waals surface area contributed by atoms with Crippen LogP contribution in [0.25, 0.3) is 6.08 Å². The van der Waals surface area contributed by atoms with Crippen molar-refractivity contribution in [3.63, 3.8) is 0 Å². The molecule has 2 saturated heterocycles. The third-order valence-corrected chi connectivity index (χ3v) is 7.38. The van der Waals surface area contributed by atoms with Gasteiger partial charge in [-0.05, 0) is 92.1 Å². The van der Waals surface area contributed by atoms with Crippen molar-refractivity contribution in [1.29, 1.82) is 0 Å². The van der Waals surface area contributed by atoms with Crippen molar-refractivity contribution in [2.45, 2.75) is 37.7 Å². The fourth-order valence-electron chi connectivity index (χ4n) is 5.13. The maximum atomic E-state index is 13.3. The molecule has 2 fully saturated rings. The molecule has 2 aromatic carbocycles. The fourth-order valence-corrected chi connectivity index (χ4v) is 5.13. The number of benzene rings is 2. The molecule has 1 amide bonds. The molecule has 5 nitrogen and oxygen atoms in total. The maximum absolute atomic E-state index is 13.3. The Bertz CT molecular complexity index is 1010. The van der Waals surface area contributed by atoms with Crippen LogP contribution in [0.15, 0.2) is 48.5 Å². The van der Waals surface area contributed by atoms with Gasteiger partial charge in [-0.25, -0.2) is 8.78 Å². The van der Waals surface area contributed by atoms with Gasteiger partial charge in [-0.3, -0.25) is 4.79 Å². The zero-order valence-electron chi connectivity index (χ0n) is 20.2. The van der Waals surface area contributed by atoms with Crippen LogP contribution in [0.3, 0.4) is 0 Å². The summed E-state index contributed by atoms with van der Waals surface area (Å²) >= 11 is 0. The fraction of sp³-hybridized carbons (Fsp3) is 0.464. The molecule has 0 aliphatic carbocycles. The molecule has 4 rings (SSSR count). The lowest BCUT2D eigenvalue weighted by molar-refractivity contribution is -0.128. The van der Waals surface area contributed by atoms with Crippen LogP contribution in [-0.2, 0) is 4.79 Å². The third-order valence-electron chi connectivity index (χ3n) is 7.38. The highest BCUT2D eigenvalue weighted by Crippen LogP contribution is 2.30. The average molecular weight is 485 g/mol. The first-order chi connectivity index (χ1) is 16.9. The van der Waals surface area contributed by atoms with Gasteiger partial charge in [0.25, 0.3) is 0 Å². The van der Waals surface area contributed by atoms with Crippen molar-refractivity contribution >= 4 is 12.0 Å². The molecule has 0 aromatic heterocycles. The molecule has 1 unspecified atom stereocenters. The number of aliphatic hydroxyl groups excluding tert-OH is 1. The van der Waals surface area contributed by atoms with E-state index in [0.29, 0.717) is 31.1 Å². The number of hydrogen-bond acceptors (Lipinski definition) is 4. The van der Waals surface area contributed by atoms with E-state index in [1.165, 1.54) is 23.8 Å². The number of rotatable bonds is 7. The van der Waals surface area contributed by atoms with Gasteiger partial charge < -0.3 is 19.6 Å². The summed E-state index contributed by atoms with van der Waals surface area (Å²) in [7, 11) is 1.68. The van der Waals surface area contributed by atoms with Gasteiger partial charge in [0.05, 0.1) is 13.2 Å². The summed E-state index contributed by atoms with van der Waals surface area (Å²) in [5.74, 6) is -0.392. The quantitative estimate of drug-likeness (QED) is 0.590. The van der Waals surface area contributed by atoms with Gasteiger partial charge in [0, 0.05) is 25.7 Å². The average Bonchev–Trinajstić information content (AvgIpc) is 2.89. The van der Waals surface area contributed by atoms with Crippen LogP contribution in [-0.4, -0.2) is 66.8 Å². The molecule has 2 aliphatic heterocycles. The van der Waals surface area contributed by atoms with E-state index in [1.54, 1.807) is 12.0 Å². The molecule has 188 valence electrons. The topological polar surface area (TPSA) is 53.0 Å². The molecule has 1 atom stereocenters. The molecule has 1 N–H and O–H groups in total. The Morgan fingerprint density at radius 1 is 1.03 bits per heavy atom. The Hall–Kier alpha value is -2.77. The molecular weight excluding hydrogens is 450 g/mol. The van der Waals surface area contributed by atoms with E-state index in [0.717, 1.165) is 56.7 Å². The number of β-amino-alcohol motifs (C(OH)–C–C–N with tert-alkyl or cyclic N) is 1. The molecule has 35 heavy (non-hydrogen) atoms. The van der Waals surface area contributed by atoms with E-state index < -0.39 is 17.7 Å². The van der Waals surface area contributed by atoms with Crippen molar-refractivity contribution in [3.8, 4) is 5.75 Å². The van der Waals surface area contributed by atoms with E-state index in [9.17, 15) is 18.7 Å². The van der Waals surface area contributed by atoms with Gasteiger partial charge in [-0.15, -0.1) is 0 Å². The summed E-state index contributed by atoms with van der Waals surface area (Å²) in [5, 5.41) is 10.9. The molecule has 0 spiro atoms. The molecular formula is C28H34F2N2O3. The Kier molecular flexibility index (Phi) is 8.52. The number of methoxy groups -OCH3 is 1. The lowest BCUT2D eigenvalue weighted by Gasteiger charge is -2.38. The molecule has 2 heterocycles. The lowest BCUT2D eigenvalue weighted by atomic mass is 9.88. The molecule has 2 aliphatic rings. The smallest absolute Gasteiger partial charge is 0.246 e. The van der Waals surface area contributed by atoms with E-state index in [-0.39, 0.29) is 11.8 Å². The number of likely N-dealkylation sites (tertiary alicyclic amines) is 2. The zero-order chi connectivity index (χ0) is 24.8. The number of halogens is 2. The van der Waals surface area contributed by atoms with Crippen LogP contribution in [0.4, 0.5) is 8.78 Å². The minimum Gasteiger partial charge on any atom is -0.497 e. The highest BCUT2D eigenvalue weighted by atomic mass is 19.2. The molecule has 0 radical (unpaired) electrons. The number of piperidine rings is 2. The molecule has 0 bridgehead atoms. The number of aliphatic hydroxyl groups is 1. The minimum absolute atomic E-state index is 0.150. The number of nitrogens with zero attached hydrogens (tertiary/aromatic N) is 2. The van der Waals surface area contributed by atoms with Gasteiger partial charge in [0.15, 0.2) is 11.6 Å².